The first-order valence-electron chi connectivity index (χ1n) is 5.01. The second-order valence-electron chi connectivity index (χ2n) is 3.52. The van der Waals surface area contributed by atoms with E-state index in [4.69, 9.17) is 21.2 Å². The number of carbonyl (C=O) groups excluding carboxylic acids is 1. The molecule has 0 aliphatic heterocycles. The van der Waals surface area contributed by atoms with Crippen LogP contribution in [0.4, 0.5) is 5.69 Å². The highest BCUT2D eigenvalue weighted by Gasteiger charge is 2.20. The smallest absolute Gasteiger partial charge is 0.310 e. The lowest BCUT2D eigenvalue weighted by atomic mass is 10.1. The Morgan fingerprint density at radius 3 is 2.74 bits per heavy atom. The van der Waals surface area contributed by atoms with Gasteiger partial charge in [0.15, 0.2) is 5.76 Å². The van der Waals surface area contributed by atoms with E-state index in [1.54, 1.807) is 0 Å². The van der Waals surface area contributed by atoms with E-state index in [0.717, 1.165) is 0 Å². The van der Waals surface area contributed by atoms with Crippen molar-refractivity contribution in [1.82, 2.24) is 5.48 Å². The average molecular weight is 283 g/mol. The molecule has 98 valence electrons. The highest BCUT2D eigenvalue weighted by atomic mass is 35.5. The molecule has 0 unspecified atom stereocenters. The van der Waals surface area contributed by atoms with Crippen molar-refractivity contribution >= 4 is 23.2 Å². The summed E-state index contributed by atoms with van der Waals surface area (Å²) in [7, 11) is 0. The number of halogens is 1. The van der Waals surface area contributed by atoms with Gasteiger partial charge < -0.3 is 4.42 Å². The maximum Gasteiger partial charge on any atom is 0.310 e. The molecule has 2 aromatic rings. The van der Waals surface area contributed by atoms with Gasteiger partial charge in [-0.15, -0.1) is 0 Å². The molecule has 0 radical (unpaired) electrons. The molecule has 0 saturated heterocycles. The van der Waals surface area contributed by atoms with Gasteiger partial charge in [-0.05, 0) is 24.3 Å². The Morgan fingerprint density at radius 2 is 2.11 bits per heavy atom. The number of carbonyl (C=O) groups is 1. The Bertz CT molecular complexity index is 652. The third-order valence-electron chi connectivity index (χ3n) is 2.35. The van der Waals surface area contributed by atoms with Crippen molar-refractivity contribution in [2.24, 2.45) is 0 Å². The van der Waals surface area contributed by atoms with Gasteiger partial charge in [0.2, 0.25) is 0 Å². The molecular formula is C11H7ClN2O5. The quantitative estimate of drug-likeness (QED) is 0.511. The Balaban J connectivity index is 2.50. The highest BCUT2D eigenvalue weighted by molar-refractivity contribution is 6.30. The molecular weight excluding hydrogens is 276 g/mol. The zero-order valence-electron chi connectivity index (χ0n) is 9.29. The summed E-state index contributed by atoms with van der Waals surface area (Å²) in [6.07, 6.45) is 0. The van der Waals surface area contributed by atoms with Crippen LogP contribution in [0.5, 0.6) is 0 Å². The lowest BCUT2D eigenvalue weighted by molar-refractivity contribution is -0.384. The normalized spacial score (nSPS) is 10.2. The van der Waals surface area contributed by atoms with Gasteiger partial charge in [0.1, 0.15) is 5.76 Å². The van der Waals surface area contributed by atoms with E-state index in [0.29, 0.717) is 0 Å². The van der Waals surface area contributed by atoms with Crippen LogP contribution in [0.15, 0.2) is 34.7 Å². The van der Waals surface area contributed by atoms with Gasteiger partial charge in [0.05, 0.1) is 10.5 Å². The third-order valence-corrected chi connectivity index (χ3v) is 2.59. The molecule has 1 aromatic heterocycles. The molecule has 2 rings (SSSR count). The Labute approximate surface area is 111 Å². The van der Waals surface area contributed by atoms with E-state index in [-0.39, 0.29) is 27.8 Å². The zero-order valence-corrected chi connectivity index (χ0v) is 10.0. The molecule has 8 heteroatoms. The minimum atomic E-state index is -0.845. The van der Waals surface area contributed by atoms with Gasteiger partial charge in [-0.2, -0.15) is 0 Å². The highest BCUT2D eigenvalue weighted by Crippen LogP contribution is 2.33. The molecule has 0 aliphatic rings. The first-order chi connectivity index (χ1) is 9.02. The Hall–Kier alpha value is -2.38. The molecule has 0 saturated carbocycles. The lowest BCUT2D eigenvalue weighted by Gasteiger charge is -2.00. The topological polar surface area (TPSA) is 106 Å². The van der Waals surface area contributed by atoms with Gasteiger partial charge in [0, 0.05) is 11.1 Å². The molecule has 1 amide bonds. The SMILES string of the molecule is O=C(NO)c1ccc(-c2ccc(Cl)cc2[N+](=O)[O-])o1. The standard InChI is InChI=1S/C11H7ClN2O5/c12-6-1-2-7(8(5-6)14(17)18)9-3-4-10(19-9)11(15)13-16/h1-5,16H,(H,13,15). The number of benzene rings is 1. The number of nitro benzene ring substituents is 1. The summed E-state index contributed by atoms with van der Waals surface area (Å²) in [5, 5.41) is 19.6. The summed E-state index contributed by atoms with van der Waals surface area (Å²) in [5.74, 6) is -0.883. The zero-order chi connectivity index (χ0) is 14.0. The maximum atomic E-state index is 11.1. The fourth-order valence-corrected chi connectivity index (χ4v) is 1.69. The van der Waals surface area contributed by atoms with E-state index in [2.05, 4.69) is 0 Å². The second kappa shape index (κ2) is 5.09. The van der Waals surface area contributed by atoms with Gasteiger partial charge in [0.25, 0.3) is 5.69 Å². The molecule has 2 N–H and O–H groups in total. The van der Waals surface area contributed by atoms with Crippen molar-refractivity contribution in [3.05, 3.63) is 51.2 Å². The fraction of sp³-hybridized carbons (Fsp3) is 0. The first kappa shape index (κ1) is 13.1. The number of furan rings is 1. The number of nitrogens with one attached hydrogen (secondary N) is 1. The van der Waals surface area contributed by atoms with Gasteiger partial charge in [-0.25, -0.2) is 5.48 Å². The minimum Gasteiger partial charge on any atom is -0.451 e. The number of hydroxylamine groups is 1. The van der Waals surface area contributed by atoms with E-state index in [1.165, 1.54) is 35.8 Å². The van der Waals surface area contributed by atoms with Crippen molar-refractivity contribution in [2.45, 2.75) is 0 Å². The van der Waals surface area contributed by atoms with Crippen molar-refractivity contribution in [3.63, 3.8) is 0 Å². The molecule has 0 aliphatic carbocycles. The van der Waals surface area contributed by atoms with E-state index >= 15 is 0 Å². The van der Waals surface area contributed by atoms with Crippen LogP contribution in [0.25, 0.3) is 11.3 Å². The van der Waals surface area contributed by atoms with Crippen molar-refractivity contribution < 1.29 is 19.3 Å². The number of amides is 1. The van der Waals surface area contributed by atoms with Crippen LogP contribution in [0.1, 0.15) is 10.6 Å². The lowest BCUT2D eigenvalue weighted by Crippen LogP contribution is -2.17. The summed E-state index contributed by atoms with van der Waals surface area (Å²) in [6.45, 7) is 0. The van der Waals surface area contributed by atoms with Crippen LogP contribution in [-0.2, 0) is 0 Å². The van der Waals surface area contributed by atoms with E-state index in [1.807, 2.05) is 0 Å². The summed E-state index contributed by atoms with van der Waals surface area (Å²) in [6, 6.07) is 6.75. The summed E-state index contributed by atoms with van der Waals surface area (Å²) in [5.41, 5.74) is 1.35. The van der Waals surface area contributed by atoms with Crippen LogP contribution in [0.3, 0.4) is 0 Å². The molecule has 1 heterocycles. The van der Waals surface area contributed by atoms with Crippen molar-refractivity contribution in [2.75, 3.05) is 0 Å². The fourth-order valence-electron chi connectivity index (χ4n) is 1.52. The average Bonchev–Trinajstić information content (AvgIpc) is 2.87. The summed E-state index contributed by atoms with van der Waals surface area (Å²) < 4.78 is 5.13. The molecule has 1 aromatic carbocycles. The van der Waals surface area contributed by atoms with Crippen LogP contribution in [-0.4, -0.2) is 16.0 Å². The van der Waals surface area contributed by atoms with Crippen molar-refractivity contribution in [1.29, 1.82) is 0 Å². The predicted molar refractivity (Wildman–Crippen MR) is 65.1 cm³/mol. The minimum absolute atomic E-state index is 0.127. The number of rotatable bonds is 3. The van der Waals surface area contributed by atoms with Crippen LogP contribution >= 0.6 is 11.6 Å². The molecule has 0 atom stereocenters. The molecule has 19 heavy (non-hydrogen) atoms. The number of nitrogens with zero attached hydrogens (tertiary/aromatic N) is 1. The Morgan fingerprint density at radius 1 is 1.37 bits per heavy atom. The molecule has 0 spiro atoms. The molecule has 7 nitrogen and oxygen atoms in total. The monoisotopic (exact) mass is 282 g/mol. The van der Waals surface area contributed by atoms with E-state index in [9.17, 15) is 14.9 Å². The van der Waals surface area contributed by atoms with E-state index < -0.39 is 10.8 Å². The maximum absolute atomic E-state index is 11.1. The first-order valence-corrected chi connectivity index (χ1v) is 5.39. The second-order valence-corrected chi connectivity index (χ2v) is 3.96. The van der Waals surface area contributed by atoms with Crippen LogP contribution in [0.2, 0.25) is 5.02 Å². The third kappa shape index (κ3) is 2.56. The van der Waals surface area contributed by atoms with Crippen LogP contribution < -0.4 is 5.48 Å². The van der Waals surface area contributed by atoms with Crippen LogP contribution in [0, 0.1) is 10.1 Å². The number of hydrogen-bond donors (Lipinski definition) is 2. The number of nitro groups is 1. The van der Waals surface area contributed by atoms with Gasteiger partial charge >= 0.3 is 5.91 Å². The predicted octanol–water partition coefficient (Wildman–Crippen LogP) is 2.63. The van der Waals surface area contributed by atoms with Crippen molar-refractivity contribution in [3.8, 4) is 11.3 Å². The number of hydrogen-bond acceptors (Lipinski definition) is 5. The summed E-state index contributed by atoms with van der Waals surface area (Å²) in [4.78, 5) is 21.4. The molecule has 0 fully saturated rings. The van der Waals surface area contributed by atoms with Gasteiger partial charge in [-0.1, -0.05) is 11.6 Å². The summed E-state index contributed by atoms with van der Waals surface area (Å²) >= 11 is 5.69. The molecule has 0 bridgehead atoms. The largest absolute Gasteiger partial charge is 0.451 e. The Kier molecular flexibility index (Phi) is 3.50. The van der Waals surface area contributed by atoms with Gasteiger partial charge in [-0.3, -0.25) is 20.1 Å².